The molecule has 0 fully saturated rings. The minimum atomic E-state index is 0.205. The number of methoxy groups -OCH3 is 1. The van der Waals surface area contributed by atoms with Gasteiger partial charge in [-0.2, -0.15) is 0 Å². The number of alkyl halides is 1. The van der Waals surface area contributed by atoms with E-state index in [1.807, 2.05) is 18.2 Å². The van der Waals surface area contributed by atoms with E-state index in [1.165, 1.54) is 16.7 Å². The second-order valence-electron chi connectivity index (χ2n) is 4.98. The molecular formula is C17H18BrClO. The van der Waals surface area contributed by atoms with E-state index < -0.39 is 0 Å². The maximum Gasteiger partial charge on any atom is 0.124 e. The van der Waals surface area contributed by atoms with Crippen LogP contribution in [0.1, 0.15) is 27.1 Å². The van der Waals surface area contributed by atoms with Gasteiger partial charge in [-0.1, -0.05) is 51.8 Å². The Labute approximate surface area is 134 Å². The molecule has 2 aromatic carbocycles. The van der Waals surface area contributed by atoms with Crippen molar-refractivity contribution in [3.63, 3.8) is 0 Å². The van der Waals surface area contributed by atoms with Gasteiger partial charge >= 0.3 is 0 Å². The lowest BCUT2D eigenvalue weighted by Gasteiger charge is -2.15. The third-order valence-electron chi connectivity index (χ3n) is 3.52. The zero-order valence-corrected chi connectivity index (χ0v) is 14.3. The Balaban J connectivity index is 2.23. The summed E-state index contributed by atoms with van der Waals surface area (Å²) in [6.07, 6.45) is 0.916. The minimum absolute atomic E-state index is 0.205. The monoisotopic (exact) mass is 352 g/mol. The lowest BCUT2D eigenvalue weighted by Crippen LogP contribution is -1.99. The summed E-state index contributed by atoms with van der Waals surface area (Å²) in [5, 5.41) is 0.691. The standard InChI is InChI=1S/C17H18BrClO/c1-11-4-5-13(8-12(11)2)9-16(18)15-7-6-14(19)10-17(15)20-3/h4-8,10,16H,9H2,1-3H3. The van der Waals surface area contributed by atoms with Gasteiger partial charge in [-0.25, -0.2) is 0 Å². The summed E-state index contributed by atoms with van der Waals surface area (Å²) in [4.78, 5) is 0.205. The van der Waals surface area contributed by atoms with E-state index in [4.69, 9.17) is 16.3 Å². The first-order chi connectivity index (χ1) is 9.51. The van der Waals surface area contributed by atoms with Crippen molar-refractivity contribution < 1.29 is 4.74 Å². The Morgan fingerprint density at radius 3 is 2.50 bits per heavy atom. The van der Waals surface area contributed by atoms with Gasteiger partial charge in [-0.15, -0.1) is 0 Å². The van der Waals surface area contributed by atoms with Gasteiger partial charge in [0.2, 0.25) is 0 Å². The highest BCUT2D eigenvalue weighted by atomic mass is 79.9. The van der Waals surface area contributed by atoms with Gasteiger partial charge in [0.1, 0.15) is 5.75 Å². The van der Waals surface area contributed by atoms with Crippen LogP contribution in [0.25, 0.3) is 0 Å². The summed E-state index contributed by atoms with van der Waals surface area (Å²) >= 11 is 9.76. The fraction of sp³-hybridized carbons (Fsp3) is 0.294. The maximum atomic E-state index is 6.00. The van der Waals surface area contributed by atoms with Gasteiger partial charge in [-0.3, -0.25) is 0 Å². The largest absolute Gasteiger partial charge is 0.496 e. The van der Waals surface area contributed by atoms with Gasteiger partial charge in [-0.05, 0) is 49.1 Å². The van der Waals surface area contributed by atoms with Crippen LogP contribution in [-0.2, 0) is 6.42 Å². The van der Waals surface area contributed by atoms with Crippen molar-refractivity contribution >= 4 is 27.5 Å². The normalized spacial score (nSPS) is 12.2. The van der Waals surface area contributed by atoms with Crippen LogP contribution in [-0.4, -0.2) is 7.11 Å². The van der Waals surface area contributed by atoms with Gasteiger partial charge in [0, 0.05) is 15.4 Å². The Hall–Kier alpha value is -0.990. The second kappa shape index (κ2) is 6.64. The van der Waals surface area contributed by atoms with Crippen LogP contribution in [0, 0.1) is 13.8 Å². The van der Waals surface area contributed by atoms with Gasteiger partial charge < -0.3 is 4.74 Å². The quantitative estimate of drug-likeness (QED) is 0.646. The third kappa shape index (κ3) is 3.56. The summed E-state index contributed by atoms with van der Waals surface area (Å²) in [6, 6.07) is 12.4. The molecule has 0 aliphatic heterocycles. The van der Waals surface area contributed by atoms with Crippen molar-refractivity contribution in [3.8, 4) is 5.75 Å². The molecule has 20 heavy (non-hydrogen) atoms. The van der Waals surface area contributed by atoms with E-state index in [0.717, 1.165) is 17.7 Å². The molecule has 1 unspecified atom stereocenters. The molecule has 2 aromatic rings. The molecular weight excluding hydrogens is 336 g/mol. The third-order valence-corrected chi connectivity index (χ3v) is 4.57. The molecule has 0 amide bonds. The predicted molar refractivity (Wildman–Crippen MR) is 89.3 cm³/mol. The molecule has 0 aliphatic carbocycles. The first-order valence-corrected chi connectivity index (χ1v) is 7.84. The summed E-state index contributed by atoms with van der Waals surface area (Å²) in [5.41, 5.74) is 5.08. The molecule has 1 atom stereocenters. The van der Waals surface area contributed by atoms with Gasteiger partial charge in [0.25, 0.3) is 0 Å². The van der Waals surface area contributed by atoms with E-state index in [1.54, 1.807) is 7.11 Å². The summed E-state index contributed by atoms with van der Waals surface area (Å²) in [7, 11) is 1.67. The Kier molecular flexibility index (Phi) is 5.11. The summed E-state index contributed by atoms with van der Waals surface area (Å²) in [5.74, 6) is 0.822. The predicted octanol–water partition coefficient (Wildman–Crippen LogP) is 5.64. The van der Waals surface area contributed by atoms with Crippen LogP contribution in [0.4, 0.5) is 0 Å². The molecule has 0 saturated carbocycles. The summed E-state index contributed by atoms with van der Waals surface area (Å²) < 4.78 is 5.41. The number of ether oxygens (including phenoxy) is 1. The zero-order chi connectivity index (χ0) is 14.7. The molecule has 3 heteroatoms. The average molecular weight is 354 g/mol. The zero-order valence-electron chi connectivity index (χ0n) is 11.9. The molecule has 0 N–H and O–H groups in total. The van der Waals surface area contributed by atoms with Crippen molar-refractivity contribution in [2.24, 2.45) is 0 Å². The molecule has 0 saturated heterocycles. The van der Waals surface area contributed by atoms with E-state index in [-0.39, 0.29) is 4.83 Å². The van der Waals surface area contributed by atoms with Crippen molar-refractivity contribution in [2.75, 3.05) is 7.11 Å². The van der Waals surface area contributed by atoms with Crippen LogP contribution in [0.15, 0.2) is 36.4 Å². The highest BCUT2D eigenvalue weighted by Crippen LogP contribution is 2.35. The Morgan fingerprint density at radius 1 is 1.10 bits per heavy atom. The number of halogens is 2. The SMILES string of the molecule is COc1cc(Cl)ccc1C(Br)Cc1ccc(C)c(C)c1. The molecule has 0 spiro atoms. The lowest BCUT2D eigenvalue weighted by atomic mass is 10.00. The molecule has 0 aromatic heterocycles. The first-order valence-electron chi connectivity index (χ1n) is 6.55. The van der Waals surface area contributed by atoms with Crippen molar-refractivity contribution in [1.29, 1.82) is 0 Å². The van der Waals surface area contributed by atoms with Crippen LogP contribution in [0.3, 0.4) is 0 Å². The van der Waals surface area contributed by atoms with Crippen molar-refractivity contribution in [3.05, 3.63) is 63.7 Å². The van der Waals surface area contributed by atoms with Crippen LogP contribution in [0.2, 0.25) is 5.02 Å². The van der Waals surface area contributed by atoms with Crippen molar-refractivity contribution in [2.45, 2.75) is 25.1 Å². The molecule has 2 rings (SSSR count). The van der Waals surface area contributed by atoms with Crippen molar-refractivity contribution in [1.82, 2.24) is 0 Å². The van der Waals surface area contributed by atoms with E-state index in [2.05, 4.69) is 48.0 Å². The molecule has 0 bridgehead atoms. The van der Waals surface area contributed by atoms with E-state index in [9.17, 15) is 0 Å². The highest BCUT2D eigenvalue weighted by molar-refractivity contribution is 9.09. The minimum Gasteiger partial charge on any atom is -0.496 e. The maximum absolute atomic E-state index is 6.00. The smallest absolute Gasteiger partial charge is 0.124 e. The number of aryl methyl sites for hydroxylation is 2. The number of rotatable bonds is 4. The Bertz CT molecular complexity index is 610. The molecule has 0 radical (unpaired) electrons. The van der Waals surface area contributed by atoms with E-state index in [0.29, 0.717) is 5.02 Å². The fourth-order valence-electron chi connectivity index (χ4n) is 2.19. The second-order valence-corrected chi connectivity index (χ2v) is 6.52. The molecule has 106 valence electrons. The van der Waals surface area contributed by atoms with Crippen LogP contribution >= 0.6 is 27.5 Å². The topological polar surface area (TPSA) is 9.23 Å². The highest BCUT2D eigenvalue weighted by Gasteiger charge is 2.14. The molecule has 0 aliphatic rings. The lowest BCUT2D eigenvalue weighted by molar-refractivity contribution is 0.409. The average Bonchev–Trinajstić information content (AvgIpc) is 2.42. The van der Waals surface area contributed by atoms with Crippen LogP contribution in [0.5, 0.6) is 5.75 Å². The molecule has 0 heterocycles. The fourth-order valence-corrected chi connectivity index (χ4v) is 3.11. The number of hydrogen-bond acceptors (Lipinski definition) is 1. The Morgan fingerprint density at radius 2 is 1.85 bits per heavy atom. The summed E-state index contributed by atoms with van der Waals surface area (Å²) in [6.45, 7) is 4.28. The van der Waals surface area contributed by atoms with Crippen LogP contribution < -0.4 is 4.74 Å². The number of benzene rings is 2. The van der Waals surface area contributed by atoms with E-state index >= 15 is 0 Å². The first kappa shape index (κ1) is 15.4. The number of hydrogen-bond donors (Lipinski definition) is 0. The van der Waals surface area contributed by atoms with Gasteiger partial charge in [0.05, 0.1) is 7.11 Å². The van der Waals surface area contributed by atoms with Gasteiger partial charge in [0.15, 0.2) is 0 Å². The molecule has 1 nitrogen and oxygen atoms in total.